The fraction of sp³-hybridized carbons (Fsp3) is 0.150. The number of anilines is 2. The van der Waals surface area contributed by atoms with E-state index in [2.05, 4.69) is 15.6 Å². The van der Waals surface area contributed by atoms with Crippen molar-refractivity contribution in [1.82, 2.24) is 4.98 Å². The number of aromatic nitrogens is 1. The van der Waals surface area contributed by atoms with E-state index < -0.39 is 0 Å². The van der Waals surface area contributed by atoms with E-state index in [0.29, 0.717) is 22.1 Å². The third-order valence-corrected chi connectivity index (χ3v) is 5.45. The summed E-state index contributed by atoms with van der Waals surface area (Å²) in [5.41, 5.74) is 1.89. The van der Waals surface area contributed by atoms with Gasteiger partial charge in [0.25, 0.3) is 5.91 Å². The van der Waals surface area contributed by atoms with Crippen LogP contribution in [0.2, 0.25) is 0 Å². The van der Waals surface area contributed by atoms with Crippen LogP contribution in [0.3, 0.4) is 0 Å². The molecular formula is C20H19N3O3S2. The Kier molecular flexibility index (Phi) is 6.67. The molecule has 0 atom stereocenters. The molecule has 0 unspecified atom stereocenters. The van der Waals surface area contributed by atoms with Gasteiger partial charge in [-0.25, -0.2) is 4.98 Å². The van der Waals surface area contributed by atoms with Gasteiger partial charge in [0, 0.05) is 15.8 Å². The SMILES string of the molecule is COc1ccc(C(=O)Nc2nc(CC(=O)Nc3ccccc3SC)cs2)cc1. The molecular weight excluding hydrogens is 394 g/mol. The van der Waals surface area contributed by atoms with Crippen molar-refractivity contribution in [2.75, 3.05) is 24.0 Å². The van der Waals surface area contributed by atoms with Crippen LogP contribution in [0.15, 0.2) is 58.8 Å². The molecule has 0 spiro atoms. The van der Waals surface area contributed by atoms with Gasteiger partial charge < -0.3 is 10.1 Å². The third-order valence-electron chi connectivity index (χ3n) is 3.85. The second-order valence-electron chi connectivity index (χ2n) is 5.75. The highest BCUT2D eigenvalue weighted by atomic mass is 32.2. The van der Waals surface area contributed by atoms with Crippen LogP contribution in [0.1, 0.15) is 16.1 Å². The molecule has 8 heteroatoms. The van der Waals surface area contributed by atoms with E-state index in [1.165, 1.54) is 11.3 Å². The quantitative estimate of drug-likeness (QED) is 0.564. The summed E-state index contributed by atoms with van der Waals surface area (Å²) in [5, 5.41) is 7.87. The number of benzene rings is 2. The first kappa shape index (κ1) is 19.9. The van der Waals surface area contributed by atoms with Gasteiger partial charge in [-0.15, -0.1) is 23.1 Å². The van der Waals surface area contributed by atoms with E-state index >= 15 is 0 Å². The van der Waals surface area contributed by atoms with Crippen molar-refractivity contribution in [3.05, 3.63) is 65.2 Å². The Labute approximate surface area is 171 Å². The van der Waals surface area contributed by atoms with E-state index in [1.807, 2.05) is 30.5 Å². The number of methoxy groups -OCH3 is 1. The number of hydrogen-bond donors (Lipinski definition) is 2. The molecule has 6 nitrogen and oxygen atoms in total. The highest BCUT2D eigenvalue weighted by Gasteiger charge is 2.12. The maximum absolute atomic E-state index is 12.3. The molecule has 0 saturated heterocycles. The zero-order valence-corrected chi connectivity index (χ0v) is 17.0. The lowest BCUT2D eigenvalue weighted by molar-refractivity contribution is -0.115. The van der Waals surface area contributed by atoms with Gasteiger partial charge in [0.1, 0.15) is 5.75 Å². The van der Waals surface area contributed by atoms with Gasteiger partial charge in [-0.2, -0.15) is 0 Å². The number of hydrogen-bond acceptors (Lipinski definition) is 6. The van der Waals surface area contributed by atoms with Crippen molar-refractivity contribution in [2.45, 2.75) is 11.3 Å². The van der Waals surface area contributed by atoms with Crippen LogP contribution in [-0.2, 0) is 11.2 Å². The molecule has 0 aliphatic heterocycles. The van der Waals surface area contributed by atoms with E-state index in [1.54, 1.807) is 48.5 Å². The average Bonchev–Trinajstić information content (AvgIpc) is 3.14. The largest absolute Gasteiger partial charge is 0.497 e. The number of para-hydroxylation sites is 1. The molecule has 0 aliphatic carbocycles. The normalized spacial score (nSPS) is 10.4. The number of nitrogens with zero attached hydrogens (tertiary/aromatic N) is 1. The van der Waals surface area contributed by atoms with Crippen molar-refractivity contribution in [3.63, 3.8) is 0 Å². The highest BCUT2D eigenvalue weighted by Crippen LogP contribution is 2.25. The molecule has 144 valence electrons. The van der Waals surface area contributed by atoms with Crippen LogP contribution in [0.25, 0.3) is 0 Å². The fourth-order valence-electron chi connectivity index (χ4n) is 2.46. The van der Waals surface area contributed by atoms with Crippen molar-refractivity contribution in [3.8, 4) is 5.75 Å². The monoisotopic (exact) mass is 413 g/mol. The van der Waals surface area contributed by atoms with Crippen molar-refractivity contribution < 1.29 is 14.3 Å². The zero-order chi connectivity index (χ0) is 19.9. The van der Waals surface area contributed by atoms with E-state index in [9.17, 15) is 9.59 Å². The van der Waals surface area contributed by atoms with Crippen LogP contribution in [0.4, 0.5) is 10.8 Å². The van der Waals surface area contributed by atoms with Crippen LogP contribution < -0.4 is 15.4 Å². The fourth-order valence-corrected chi connectivity index (χ4v) is 3.72. The molecule has 3 rings (SSSR count). The molecule has 1 heterocycles. The summed E-state index contributed by atoms with van der Waals surface area (Å²) in [6.45, 7) is 0. The van der Waals surface area contributed by atoms with Crippen LogP contribution >= 0.6 is 23.1 Å². The molecule has 2 N–H and O–H groups in total. The van der Waals surface area contributed by atoms with Crippen LogP contribution in [0.5, 0.6) is 5.75 Å². The van der Waals surface area contributed by atoms with Crippen molar-refractivity contribution in [1.29, 1.82) is 0 Å². The average molecular weight is 414 g/mol. The Balaban J connectivity index is 1.58. The second-order valence-corrected chi connectivity index (χ2v) is 7.46. The van der Waals surface area contributed by atoms with Gasteiger partial charge in [-0.1, -0.05) is 12.1 Å². The molecule has 0 radical (unpaired) electrons. The minimum absolute atomic E-state index is 0.137. The van der Waals surface area contributed by atoms with Gasteiger partial charge in [0.15, 0.2) is 5.13 Å². The number of carbonyl (C=O) groups excluding carboxylic acids is 2. The lowest BCUT2D eigenvalue weighted by atomic mass is 10.2. The Hall–Kier alpha value is -2.84. The number of ether oxygens (including phenoxy) is 1. The number of amides is 2. The predicted molar refractivity (Wildman–Crippen MR) is 114 cm³/mol. The zero-order valence-electron chi connectivity index (χ0n) is 15.4. The number of thiazole rings is 1. The number of nitrogens with one attached hydrogen (secondary N) is 2. The van der Waals surface area contributed by atoms with Gasteiger partial charge in [0.05, 0.1) is 24.9 Å². The summed E-state index contributed by atoms with van der Waals surface area (Å²) in [7, 11) is 1.57. The van der Waals surface area contributed by atoms with Gasteiger partial charge >= 0.3 is 0 Å². The Morgan fingerprint density at radius 3 is 2.57 bits per heavy atom. The maximum Gasteiger partial charge on any atom is 0.257 e. The molecule has 3 aromatic rings. The Morgan fingerprint density at radius 2 is 1.86 bits per heavy atom. The highest BCUT2D eigenvalue weighted by molar-refractivity contribution is 7.98. The summed E-state index contributed by atoms with van der Waals surface area (Å²) in [5.74, 6) is 0.267. The number of thioether (sulfide) groups is 1. The van der Waals surface area contributed by atoms with Gasteiger partial charge in [0.2, 0.25) is 5.91 Å². The first-order valence-corrected chi connectivity index (χ1v) is 10.5. The molecule has 0 fully saturated rings. The molecule has 0 saturated carbocycles. The van der Waals surface area contributed by atoms with E-state index in [4.69, 9.17) is 4.74 Å². The standard InChI is InChI=1S/C20H19N3O3S2/c1-26-15-9-7-13(8-10-15)19(25)23-20-21-14(12-28-20)11-18(24)22-16-5-3-4-6-17(16)27-2/h3-10,12H,11H2,1-2H3,(H,22,24)(H,21,23,25). The summed E-state index contributed by atoms with van der Waals surface area (Å²) >= 11 is 2.86. The van der Waals surface area contributed by atoms with E-state index in [0.717, 1.165) is 10.6 Å². The smallest absolute Gasteiger partial charge is 0.257 e. The number of rotatable bonds is 7. The van der Waals surface area contributed by atoms with Gasteiger partial charge in [-0.05, 0) is 42.7 Å². The van der Waals surface area contributed by atoms with Crippen LogP contribution in [-0.4, -0.2) is 30.2 Å². The molecule has 2 amide bonds. The second kappa shape index (κ2) is 9.38. The molecule has 0 aliphatic rings. The summed E-state index contributed by atoms with van der Waals surface area (Å²) in [6, 6.07) is 14.4. The minimum Gasteiger partial charge on any atom is -0.497 e. The Bertz CT molecular complexity index is 971. The first-order valence-electron chi connectivity index (χ1n) is 8.41. The molecule has 0 bridgehead atoms. The Morgan fingerprint density at radius 1 is 1.11 bits per heavy atom. The lowest BCUT2D eigenvalue weighted by Crippen LogP contribution is -2.15. The number of carbonyl (C=O) groups is 2. The summed E-state index contributed by atoms with van der Waals surface area (Å²) < 4.78 is 5.08. The van der Waals surface area contributed by atoms with Gasteiger partial charge in [-0.3, -0.25) is 14.9 Å². The molecule has 28 heavy (non-hydrogen) atoms. The lowest BCUT2D eigenvalue weighted by Gasteiger charge is -2.08. The van der Waals surface area contributed by atoms with E-state index in [-0.39, 0.29) is 18.2 Å². The summed E-state index contributed by atoms with van der Waals surface area (Å²) in [4.78, 5) is 29.9. The third kappa shape index (κ3) is 5.11. The molecule has 2 aromatic carbocycles. The maximum atomic E-state index is 12.3. The molecule has 1 aromatic heterocycles. The topological polar surface area (TPSA) is 80.3 Å². The van der Waals surface area contributed by atoms with Crippen molar-refractivity contribution in [2.24, 2.45) is 0 Å². The van der Waals surface area contributed by atoms with Crippen molar-refractivity contribution >= 4 is 45.7 Å². The first-order chi connectivity index (χ1) is 13.6. The van der Waals surface area contributed by atoms with Crippen LogP contribution in [0, 0.1) is 0 Å². The minimum atomic E-state index is -0.262. The predicted octanol–water partition coefficient (Wildman–Crippen LogP) is 4.31. The summed E-state index contributed by atoms with van der Waals surface area (Å²) in [6.07, 6.45) is 2.10.